The molecule has 0 saturated heterocycles. The van der Waals surface area contributed by atoms with Gasteiger partial charge in [0, 0.05) is 21.6 Å². The van der Waals surface area contributed by atoms with Gasteiger partial charge in [0.05, 0.1) is 28.8 Å². The molecule has 0 bridgehead atoms. The lowest BCUT2D eigenvalue weighted by atomic mass is 10.0. The van der Waals surface area contributed by atoms with Crippen LogP contribution in [0.15, 0.2) is 41.2 Å². The van der Waals surface area contributed by atoms with Crippen molar-refractivity contribution in [3.8, 4) is 17.6 Å². The van der Waals surface area contributed by atoms with Crippen molar-refractivity contribution in [2.24, 2.45) is 0 Å². The molecule has 3 aromatic rings. The Hall–Kier alpha value is -2.85. The number of nitriles is 1. The van der Waals surface area contributed by atoms with E-state index in [-0.39, 0.29) is 17.5 Å². The predicted octanol–water partition coefficient (Wildman–Crippen LogP) is 1.59. The van der Waals surface area contributed by atoms with Crippen LogP contribution < -0.4 is 5.69 Å². The molecule has 0 aliphatic carbocycles. The molecular weight excluding hydrogens is 314 g/mol. The lowest BCUT2D eigenvalue weighted by Gasteiger charge is -2.09. The predicted molar refractivity (Wildman–Crippen MR) is 85.8 cm³/mol. The number of aromatic hydroxyl groups is 1. The van der Waals surface area contributed by atoms with Crippen LogP contribution in [0.2, 0.25) is 0 Å². The third-order valence-electron chi connectivity index (χ3n) is 4.05. The molecule has 0 spiro atoms. The highest BCUT2D eigenvalue weighted by Gasteiger charge is 2.28. The first-order chi connectivity index (χ1) is 11.1. The Kier molecular flexibility index (Phi) is 2.89. The summed E-state index contributed by atoms with van der Waals surface area (Å²) < 4.78 is 14.2. The van der Waals surface area contributed by atoms with Crippen molar-refractivity contribution in [3.05, 3.63) is 58.1 Å². The Bertz CT molecular complexity index is 1090. The number of nitrogens with zero attached hydrogens (tertiary/aromatic N) is 3. The molecule has 1 aromatic heterocycles. The van der Waals surface area contributed by atoms with E-state index in [4.69, 9.17) is 0 Å². The van der Waals surface area contributed by atoms with Gasteiger partial charge in [-0.15, -0.1) is 0 Å². The molecule has 1 atom stereocenters. The standard InChI is InChI=1S/C16H11N3O3S/c17-7-10-5-6-13(12-4-2-1-3-11(10)12)19-15(20)14-8-23(22)9-18(14)16(19)21/h1-6,20H,8-9H2. The van der Waals surface area contributed by atoms with Gasteiger partial charge in [-0.2, -0.15) is 5.26 Å². The third kappa shape index (κ3) is 1.85. The van der Waals surface area contributed by atoms with Crippen molar-refractivity contribution < 1.29 is 9.32 Å². The highest BCUT2D eigenvalue weighted by Crippen LogP contribution is 2.30. The number of rotatable bonds is 1. The summed E-state index contributed by atoms with van der Waals surface area (Å²) >= 11 is 0. The van der Waals surface area contributed by atoms with Gasteiger partial charge in [0.1, 0.15) is 5.88 Å². The molecule has 1 aliphatic rings. The topological polar surface area (TPSA) is 88.0 Å². The van der Waals surface area contributed by atoms with Gasteiger partial charge in [-0.3, -0.25) is 8.78 Å². The van der Waals surface area contributed by atoms with Crippen LogP contribution in [0.1, 0.15) is 11.3 Å². The molecule has 1 unspecified atom stereocenters. The number of fused-ring (bicyclic) bond motifs is 2. The van der Waals surface area contributed by atoms with Gasteiger partial charge in [0.15, 0.2) is 0 Å². The summed E-state index contributed by atoms with van der Waals surface area (Å²) in [5.41, 5.74) is 0.986. The first-order valence-corrected chi connectivity index (χ1v) is 8.41. The summed E-state index contributed by atoms with van der Waals surface area (Å²) in [6.07, 6.45) is 0. The first kappa shape index (κ1) is 13.8. The normalized spacial score (nSPS) is 16.4. The summed E-state index contributed by atoms with van der Waals surface area (Å²) in [5, 5.41) is 21.1. The van der Waals surface area contributed by atoms with E-state index < -0.39 is 16.5 Å². The van der Waals surface area contributed by atoms with Crippen LogP contribution >= 0.6 is 0 Å². The van der Waals surface area contributed by atoms with Crippen molar-refractivity contribution in [2.45, 2.75) is 11.6 Å². The summed E-state index contributed by atoms with van der Waals surface area (Å²) in [7, 11) is -1.16. The van der Waals surface area contributed by atoms with E-state index in [0.717, 1.165) is 0 Å². The van der Waals surface area contributed by atoms with Crippen molar-refractivity contribution in [3.63, 3.8) is 0 Å². The van der Waals surface area contributed by atoms with Crippen LogP contribution in [0, 0.1) is 11.3 Å². The minimum atomic E-state index is -1.16. The van der Waals surface area contributed by atoms with Crippen LogP contribution in [-0.2, 0) is 22.4 Å². The fraction of sp³-hybridized carbons (Fsp3) is 0.125. The number of aromatic nitrogens is 2. The maximum Gasteiger partial charge on any atom is 0.336 e. The van der Waals surface area contributed by atoms with Crippen molar-refractivity contribution >= 4 is 21.6 Å². The monoisotopic (exact) mass is 325 g/mol. The molecule has 6 nitrogen and oxygen atoms in total. The maximum absolute atomic E-state index is 12.6. The second kappa shape index (κ2) is 4.83. The van der Waals surface area contributed by atoms with Crippen molar-refractivity contribution in [1.29, 1.82) is 5.26 Å². The summed E-state index contributed by atoms with van der Waals surface area (Å²) in [5.74, 6) is 0.0845. The third-order valence-corrected chi connectivity index (χ3v) is 5.19. The number of benzene rings is 2. The number of hydrogen-bond acceptors (Lipinski definition) is 4. The Morgan fingerprint density at radius 2 is 1.91 bits per heavy atom. The lowest BCUT2D eigenvalue weighted by molar-refractivity contribution is 0.436. The minimum absolute atomic E-state index is 0.100. The summed E-state index contributed by atoms with van der Waals surface area (Å²) in [4.78, 5) is 12.6. The van der Waals surface area contributed by atoms with Gasteiger partial charge in [-0.1, -0.05) is 24.3 Å². The maximum atomic E-state index is 12.6. The van der Waals surface area contributed by atoms with E-state index >= 15 is 0 Å². The average Bonchev–Trinajstić information content (AvgIpc) is 3.05. The van der Waals surface area contributed by atoms with Crippen molar-refractivity contribution in [2.75, 3.05) is 0 Å². The van der Waals surface area contributed by atoms with Crippen LogP contribution in [0.5, 0.6) is 5.88 Å². The molecule has 23 heavy (non-hydrogen) atoms. The summed E-state index contributed by atoms with van der Waals surface area (Å²) in [6, 6.07) is 12.6. The molecule has 1 N–H and O–H groups in total. The van der Waals surface area contributed by atoms with E-state index in [1.54, 1.807) is 24.3 Å². The minimum Gasteiger partial charge on any atom is -0.493 e. The number of imidazole rings is 1. The van der Waals surface area contributed by atoms with E-state index in [9.17, 15) is 19.4 Å². The smallest absolute Gasteiger partial charge is 0.336 e. The summed E-state index contributed by atoms with van der Waals surface area (Å²) in [6.45, 7) is 0. The van der Waals surface area contributed by atoms with E-state index in [1.165, 1.54) is 9.13 Å². The number of hydrogen-bond donors (Lipinski definition) is 1. The van der Waals surface area contributed by atoms with Crippen LogP contribution in [0.25, 0.3) is 16.5 Å². The van der Waals surface area contributed by atoms with Crippen LogP contribution in [0.4, 0.5) is 0 Å². The first-order valence-electron chi connectivity index (χ1n) is 6.92. The average molecular weight is 325 g/mol. The Morgan fingerprint density at radius 1 is 1.17 bits per heavy atom. The zero-order valence-electron chi connectivity index (χ0n) is 11.9. The Balaban J connectivity index is 2.07. The van der Waals surface area contributed by atoms with Crippen LogP contribution in [0.3, 0.4) is 0 Å². The van der Waals surface area contributed by atoms with Crippen LogP contribution in [-0.4, -0.2) is 18.4 Å². The molecule has 7 heteroatoms. The quantitative estimate of drug-likeness (QED) is 0.736. The van der Waals surface area contributed by atoms with Gasteiger partial charge in [-0.05, 0) is 12.1 Å². The highest BCUT2D eigenvalue weighted by molar-refractivity contribution is 7.83. The molecule has 0 amide bonds. The van der Waals surface area contributed by atoms with Gasteiger partial charge in [0.2, 0.25) is 5.88 Å². The molecule has 0 saturated carbocycles. The fourth-order valence-electron chi connectivity index (χ4n) is 2.99. The zero-order valence-corrected chi connectivity index (χ0v) is 12.7. The Morgan fingerprint density at radius 3 is 2.61 bits per heavy atom. The molecule has 2 aromatic carbocycles. The van der Waals surface area contributed by atoms with Gasteiger partial charge in [0.25, 0.3) is 0 Å². The largest absolute Gasteiger partial charge is 0.493 e. The second-order valence-corrected chi connectivity index (χ2v) is 6.75. The van der Waals surface area contributed by atoms with Gasteiger partial charge in [-0.25, -0.2) is 9.36 Å². The molecule has 114 valence electrons. The molecule has 1 aliphatic heterocycles. The molecule has 0 radical (unpaired) electrons. The SMILES string of the molecule is N#Cc1ccc(-n2c(O)c3n(c2=O)CS(=O)C3)c2ccccc12. The van der Waals surface area contributed by atoms with Gasteiger partial charge < -0.3 is 5.11 Å². The van der Waals surface area contributed by atoms with Gasteiger partial charge >= 0.3 is 5.69 Å². The van der Waals surface area contributed by atoms with E-state index in [0.29, 0.717) is 27.7 Å². The highest BCUT2D eigenvalue weighted by atomic mass is 32.2. The second-order valence-electron chi connectivity index (χ2n) is 5.32. The molecule has 2 heterocycles. The lowest BCUT2D eigenvalue weighted by Crippen LogP contribution is -2.23. The zero-order chi connectivity index (χ0) is 16.1. The van der Waals surface area contributed by atoms with E-state index in [1.807, 2.05) is 12.1 Å². The molecule has 4 rings (SSSR count). The fourth-order valence-corrected chi connectivity index (χ4v) is 4.22. The molecule has 0 fully saturated rings. The Labute approximate surface area is 133 Å². The van der Waals surface area contributed by atoms with Crippen molar-refractivity contribution in [1.82, 2.24) is 9.13 Å². The molecular formula is C16H11N3O3S. The van der Waals surface area contributed by atoms with E-state index in [2.05, 4.69) is 6.07 Å².